The molecule has 0 unspecified atom stereocenters. The van der Waals surface area contributed by atoms with Crippen molar-refractivity contribution in [1.82, 2.24) is 0 Å². The molecule has 1 N–H and O–H groups in total. The van der Waals surface area contributed by atoms with Crippen LogP contribution in [0.2, 0.25) is 5.02 Å². The van der Waals surface area contributed by atoms with Crippen molar-refractivity contribution in [2.75, 3.05) is 5.32 Å². The van der Waals surface area contributed by atoms with Gasteiger partial charge in [-0.05, 0) is 43.3 Å². The summed E-state index contributed by atoms with van der Waals surface area (Å²) in [6.07, 6.45) is 2.86. The van der Waals surface area contributed by atoms with Crippen LogP contribution in [0.4, 0.5) is 10.1 Å². The van der Waals surface area contributed by atoms with Crippen molar-refractivity contribution < 1.29 is 13.6 Å². The normalized spacial score (nSPS) is 10.9. The molecule has 0 aliphatic carbocycles. The number of rotatable bonds is 3. The van der Waals surface area contributed by atoms with Gasteiger partial charge >= 0.3 is 0 Å². The lowest BCUT2D eigenvalue weighted by molar-refractivity contribution is -0.111. The SMILES string of the molecule is Cc1ccc(/C=C/C(=O)Nc2ccc(F)cc2Cl)o1. The Kier molecular flexibility index (Phi) is 4.02. The minimum atomic E-state index is -0.454. The van der Waals surface area contributed by atoms with Crippen molar-refractivity contribution in [2.24, 2.45) is 0 Å². The first-order valence-corrected chi connectivity index (χ1v) is 5.93. The number of hydrogen-bond acceptors (Lipinski definition) is 2. The molecule has 1 heterocycles. The number of halogens is 2. The van der Waals surface area contributed by atoms with E-state index in [0.29, 0.717) is 11.4 Å². The number of nitrogens with one attached hydrogen (secondary N) is 1. The van der Waals surface area contributed by atoms with Crippen molar-refractivity contribution in [3.63, 3.8) is 0 Å². The van der Waals surface area contributed by atoms with Gasteiger partial charge in [0.05, 0.1) is 10.7 Å². The summed E-state index contributed by atoms with van der Waals surface area (Å²) in [6, 6.07) is 7.32. The molecule has 19 heavy (non-hydrogen) atoms. The monoisotopic (exact) mass is 279 g/mol. The zero-order valence-electron chi connectivity index (χ0n) is 10.1. The van der Waals surface area contributed by atoms with E-state index in [4.69, 9.17) is 16.0 Å². The number of aryl methyl sites for hydroxylation is 1. The van der Waals surface area contributed by atoms with Gasteiger partial charge in [-0.15, -0.1) is 0 Å². The zero-order valence-corrected chi connectivity index (χ0v) is 10.9. The van der Waals surface area contributed by atoms with Crippen LogP contribution in [0.15, 0.2) is 40.8 Å². The van der Waals surface area contributed by atoms with Crippen LogP contribution in [0.3, 0.4) is 0 Å². The number of anilines is 1. The fourth-order valence-corrected chi connectivity index (χ4v) is 1.68. The van der Waals surface area contributed by atoms with E-state index in [9.17, 15) is 9.18 Å². The van der Waals surface area contributed by atoms with Gasteiger partial charge in [0.1, 0.15) is 17.3 Å². The van der Waals surface area contributed by atoms with Gasteiger partial charge in [-0.2, -0.15) is 0 Å². The summed E-state index contributed by atoms with van der Waals surface area (Å²) in [6.45, 7) is 1.82. The molecule has 5 heteroatoms. The van der Waals surface area contributed by atoms with Crippen LogP contribution in [0.5, 0.6) is 0 Å². The van der Waals surface area contributed by atoms with Gasteiger partial charge in [0.2, 0.25) is 5.91 Å². The summed E-state index contributed by atoms with van der Waals surface area (Å²) in [5.74, 6) is 0.520. The molecule has 0 radical (unpaired) electrons. The summed E-state index contributed by atoms with van der Waals surface area (Å²) in [5.41, 5.74) is 0.355. The van der Waals surface area contributed by atoms with E-state index in [-0.39, 0.29) is 10.9 Å². The first kappa shape index (κ1) is 13.4. The summed E-state index contributed by atoms with van der Waals surface area (Å²) >= 11 is 5.80. The summed E-state index contributed by atoms with van der Waals surface area (Å²) < 4.78 is 18.1. The lowest BCUT2D eigenvalue weighted by Crippen LogP contribution is -2.08. The molecule has 0 spiro atoms. The Balaban J connectivity index is 2.03. The fourth-order valence-electron chi connectivity index (χ4n) is 1.47. The van der Waals surface area contributed by atoms with Crippen LogP contribution in [0.25, 0.3) is 6.08 Å². The van der Waals surface area contributed by atoms with E-state index < -0.39 is 5.82 Å². The van der Waals surface area contributed by atoms with Gasteiger partial charge in [0, 0.05) is 6.08 Å². The zero-order chi connectivity index (χ0) is 13.8. The lowest BCUT2D eigenvalue weighted by atomic mass is 10.3. The topological polar surface area (TPSA) is 42.2 Å². The largest absolute Gasteiger partial charge is 0.462 e. The third kappa shape index (κ3) is 3.69. The quantitative estimate of drug-likeness (QED) is 0.862. The molecular formula is C14H11ClFNO2. The van der Waals surface area contributed by atoms with E-state index in [2.05, 4.69) is 5.32 Å². The highest BCUT2D eigenvalue weighted by molar-refractivity contribution is 6.33. The lowest BCUT2D eigenvalue weighted by Gasteiger charge is -2.04. The van der Waals surface area contributed by atoms with Crippen LogP contribution in [0.1, 0.15) is 11.5 Å². The molecule has 1 aromatic carbocycles. The molecule has 0 aliphatic heterocycles. The molecule has 0 atom stereocenters. The van der Waals surface area contributed by atoms with E-state index in [1.807, 2.05) is 6.92 Å². The Hall–Kier alpha value is -2.07. The van der Waals surface area contributed by atoms with Crippen molar-refractivity contribution >= 4 is 29.3 Å². The Morgan fingerprint density at radius 1 is 1.37 bits per heavy atom. The highest BCUT2D eigenvalue weighted by Crippen LogP contribution is 2.22. The molecule has 0 bridgehead atoms. The predicted octanol–water partition coefficient (Wildman–Crippen LogP) is 4.03. The van der Waals surface area contributed by atoms with Crippen LogP contribution in [-0.4, -0.2) is 5.91 Å². The number of furan rings is 1. The summed E-state index contributed by atoms with van der Waals surface area (Å²) in [7, 11) is 0. The van der Waals surface area contributed by atoms with Crippen LogP contribution in [-0.2, 0) is 4.79 Å². The Bertz CT molecular complexity index is 634. The van der Waals surface area contributed by atoms with Crippen molar-refractivity contribution in [3.05, 3.63) is 58.8 Å². The number of benzene rings is 1. The first-order chi connectivity index (χ1) is 9.04. The molecule has 0 fully saturated rings. The second-order valence-electron chi connectivity index (χ2n) is 3.90. The highest BCUT2D eigenvalue weighted by atomic mass is 35.5. The van der Waals surface area contributed by atoms with E-state index in [0.717, 1.165) is 11.8 Å². The van der Waals surface area contributed by atoms with Crippen LogP contribution in [0, 0.1) is 12.7 Å². The molecule has 0 aliphatic rings. The maximum Gasteiger partial charge on any atom is 0.248 e. The first-order valence-electron chi connectivity index (χ1n) is 5.55. The van der Waals surface area contributed by atoms with Crippen LogP contribution < -0.4 is 5.32 Å². The Labute approximate surface area is 114 Å². The molecular weight excluding hydrogens is 269 g/mol. The fraction of sp³-hybridized carbons (Fsp3) is 0.0714. The third-order valence-corrected chi connectivity index (χ3v) is 2.66. The van der Waals surface area contributed by atoms with E-state index >= 15 is 0 Å². The smallest absolute Gasteiger partial charge is 0.248 e. The number of amides is 1. The summed E-state index contributed by atoms with van der Waals surface area (Å²) in [5, 5.41) is 2.70. The van der Waals surface area contributed by atoms with Gasteiger partial charge in [0.15, 0.2) is 0 Å². The minimum absolute atomic E-state index is 0.149. The van der Waals surface area contributed by atoms with Gasteiger partial charge in [-0.25, -0.2) is 4.39 Å². The van der Waals surface area contributed by atoms with Gasteiger partial charge in [-0.3, -0.25) is 4.79 Å². The van der Waals surface area contributed by atoms with Crippen LogP contribution >= 0.6 is 11.6 Å². The van der Waals surface area contributed by atoms with Gasteiger partial charge < -0.3 is 9.73 Å². The minimum Gasteiger partial charge on any atom is -0.462 e. The second kappa shape index (κ2) is 5.71. The summed E-state index contributed by atoms with van der Waals surface area (Å²) in [4.78, 5) is 11.6. The molecule has 1 amide bonds. The molecule has 2 aromatic rings. The molecule has 2 rings (SSSR count). The molecule has 98 valence electrons. The maximum absolute atomic E-state index is 12.8. The van der Waals surface area contributed by atoms with E-state index in [1.165, 1.54) is 18.2 Å². The molecule has 1 aromatic heterocycles. The van der Waals surface area contributed by atoms with E-state index in [1.54, 1.807) is 18.2 Å². The maximum atomic E-state index is 12.8. The van der Waals surface area contributed by atoms with Crippen molar-refractivity contribution in [3.8, 4) is 0 Å². The number of carbonyl (C=O) groups is 1. The average Bonchev–Trinajstić information content (AvgIpc) is 2.76. The standard InChI is InChI=1S/C14H11ClFNO2/c1-9-2-4-11(19-9)5-7-14(18)17-13-6-3-10(16)8-12(13)15/h2-8H,1H3,(H,17,18)/b7-5+. The van der Waals surface area contributed by atoms with Crippen molar-refractivity contribution in [1.29, 1.82) is 0 Å². The van der Waals surface area contributed by atoms with Gasteiger partial charge in [0.25, 0.3) is 0 Å². The highest BCUT2D eigenvalue weighted by Gasteiger charge is 2.04. The number of hydrogen-bond donors (Lipinski definition) is 1. The molecule has 0 saturated heterocycles. The third-order valence-electron chi connectivity index (χ3n) is 2.35. The second-order valence-corrected chi connectivity index (χ2v) is 4.30. The Morgan fingerprint density at radius 3 is 2.79 bits per heavy atom. The Morgan fingerprint density at radius 2 is 2.16 bits per heavy atom. The number of carbonyl (C=O) groups excluding carboxylic acids is 1. The molecule has 3 nitrogen and oxygen atoms in total. The predicted molar refractivity (Wildman–Crippen MR) is 72.5 cm³/mol. The van der Waals surface area contributed by atoms with Gasteiger partial charge in [-0.1, -0.05) is 11.6 Å². The molecule has 0 saturated carbocycles. The average molecular weight is 280 g/mol. The van der Waals surface area contributed by atoms with Crippen molar-refractivity contribution in [2.45, 2.75) is 6.92 Å².